The molecule has 5 heteroatoms. The molecule has 2 aromatic carbocycles. The molecule has 2 N–H and O–H groups in total. The summed E-state index contributed by atoms with van der Waals surface area (Å²) in [7, 11) is 0. The van der Waals surface area contributed by atoms with Crippen molar-refractivity contribution in [2.24, 2.45) is 0 Å². The molecule has 0 spiro atoms. The summed E-state index contributed by atoms with van der Waals surface area (Å²) in [6.45, 7) is 1.86. The van der Waals surface area contributed by atoms with E-state index in [4.69, 9.17) is 9.84 Å². The van der Waals surface area contributed by atoms with Gasteiger partial charge in [0, 0.05) is 6.54 Å². The molecule has 0 bridgehead atoms. The van der Waals surface area contributed by atoms with Crippen molar-refractivity contribution >= 4 is 11.9 Å². The molecule has 0 heterocycles. The number of benzene rings is 2. The molecule has 0 aliphatic heterocycles. The van der Waals surface area contributed by atoms with Crippen molar-refractivity contribution in [1.82, 2.24) is 5.32 Å². The summed E-state index contributed by atoms with van der Waals surface area (Å²) in [5.41, 5.74) is 1.81. The fourth-order valence-electron chi connectivity index (χ4n) is 2.37. The standard InChI is InChI=1S/C19H21NO4/c1-14(19(22)23)24-13-12-20-18(21)17(15-8-4-2-5-9-15)16-10-6-3-7-11-16/h2-11,14,17H,12-13H2,1H3,(H,20,21)(H,22,23). The average Bonchev–Trinajstić information content (AvgIpc) is 2.60. The fourth-order valence-corrected chi connectivity index (χ4v) is 2.37. The van der Waals surface area contributed by atoms with E-state index < -0.39 is 18.0 Å². The number of carbonyl (C=O) groups excluding carboxylic acids is 1. The van der Waals surface area contributed by atoms with Crippen LogP contribution in [0.25, 0.3) is 0 Å². The maximum Gasteiger partial charge on any atom is 0.332 e. The molecular weight excluding hydrogens is 306 g/mol. The normalized spacial score (nSPS) is 11.9. The minimum Gasteiger partial charge on any atom is -0.479 e. The molecule has 1 unspecified atom stereocenters. The van der Waals surface area contributed by atoms with Crippen LogP contribution in [-0.2, 0) is 14.3 Å². The Hall–Kier alpha value is -2.66. The number of amides is 1. The van der Waals surface area contributed by atoms with Crippen LogP contribution in [0, 0.1) is 0 Å². The summed E-state index contributed by atoms with van der Waals surface area (Å²) < 4.78 is 5.13. The monoisotopic (exact) mass is 327 g/mol. The third kappa shape index (κ3) is 4.93. The lowest BCUT2D eigenvalue weighted by Gasteiger charge is -2.18. The van der Waals surface area contributed by atoms with Crippen LogP contribution < -0.4 is 5.32 Å². The quantitative estimate of drug-likeness (QED) is 0.730. The number of rotatable bonds is 8. The number of carboxylic acid groups (broad SMARTS) is 1. The molecule has 0 saturated carbocycles. The number of hydrogen-bond acceptors (Lipinski definition) is 3. The topological polar surface area (TPSA) is 75.6 Å². The zero-order chi connectivity index (χ0) is 17.4. The molecule has 1 amide bonds. The number of ether oxygens (including phenoxy) is 1. The Morgan fingerprint density at radius 1 is 1.00 bits per heavy atom. The van der Waals surface area contributed by atoms with Crippen molar-refractivity contribution < 1.29 is 19.4 Å². The van der Waals surface area contributed by atoms with E-state index in [1.54, 1.807) is 0 Å². The Kier molecular flexibility index (Phi) is 6.51. The van der Waals surface area contributed by atoms with E-state index in [2.05, 4.69) is 5.32 Å². The van der Waals surface area contributed by atoms with Crippen LogP contribution in [-0.4, -0.2) is 36.2 Å². The minimum absolute atomic E-state index is 0.140. The van der Waals surface area contributed by atoms with Gasteiger partial charge in [0.25, 0.3) is 0 Å². The Morgan fingerprint density at radius 2 is 1.50 bits per heavy atom. The van der Waals surface area contributed by atoms with Gasteiger partial charge in [-0.15, -0.1) is 0 Å². The fraction of sp³-hybridized carbons (Fsp3) is 0.263. The van der Waals surface area contributed by atoms with Crippen LogP contribution in [0.2, 0.25) is 0 Å². The van der Waals surface area contributed by atoms with Crippen molar-refractivity contribution in [3.05, 3.63) is 71.8 Å². The van der Waals surface area contributed by atoms with Gasteiger partial charge in [-0.05, 0) is 18.1 Å². The summed E-state index contributed by atoms with van der Waals surface area (Å²) in [5, 5.41) is 11.6. The molecule has 0 saturated heterocycles. The average molecular weight is 327 g/mol. The number of carboxylic acids is 1. The van der Waals surface area contributed by atoms with Crippen molar-refractivity contribution in [3.63, 3.8) is 0 Å². The Bertz CT molecular complexity index is 618. The lowest BCUT2D eigenvalue weighted by molar-refractivity contribution is -0.149. The lowest BCUT2D eigenvalue weighted by Crippen LogP contribution is -2.34. The van der Waals surface area contributed by atoms with Gasteiger partial charge in [-0.3, -0.25) is 4.79 Å². The first kappa shape index (κ1) is 17.7. The van der Waals surface area contributed by atoms with Crippen molar-refractivity contribution in [3.8, 4) is 0 Å². The zero-order valence-electron chi connectivity index (χ0n) is 13.5. The third-order valence-corrected chi connectivity index (χ3v) is 3.64. The van der Waals surface area contributed by atoms with E-state index in [0.29, 0.717) is 0 Å². The number of hydrogen-bond donors (Lipinski definition) is 2. The van der Waals surface area contributed by atoms with Crippen LogP contribution in [0.15, 0.2) is 60.7 Å². The third-order valence-electron chi connectivity index (χ3n) is 3.64. The van der Waals surface area contributed by atoms with Gasteiger partial charge < -0.3 is 15.2 Å². The number of nitrogens with one attached hydrogen (secondary N) is 1. The number of aliphatic carboxylic acids is 1. The maximum atomic E-state index is 12.6. The first-order valence-corrected chi connectivity index (χ1v) is 7.81. The van der Waals surface area contributed by atoms with Crippen molar-refractivity contribution in [2.75, 3.05) is 13.2 Å². The van der Waals surface area contributed by atoms with Crippen molar-refractivity contribution in [2.45, 2.75) is 18.9 Å². The zero-order valence-corrected chi connectivity index (χ0v) is 13.5. The van der Waals surface area contributed by atoms with Crippen LogP contribution >= 0.6 is 0 Å². The second-order valence-corrected chi connectivity index (χ2v) is 5.40. The second kappa shape index (κ2) is 8.84. The van der Waals surface area contributed by atoms with Gasteiger partial charge in [0.05, 0.1) is 12.5 Å². The predicted octanol–water partition coefficient (Wildman–Crippen LogP) is 2.42. The van der Waals surface area contributed by atoms with Gasteiger partial charge in [0.1, 0.15) is 0 Å². The Morgan fingerprint density at radius 3 is 1.96 bits per heavy atom. The lowest BCUT2D eigenvalue weighted by atomic mass is 9.90. The molecule has 0 aliphatic rings. The molecule has 126 valence electrons. The maximum absolute atomic E-state index is 12.6. The largest absolute Gasteiger partial charge is 0.479 e. The molecule has 2 rings (SSSR count). The van der Waals surface area contributed by atoms with Gasteiger partial charge in [0.15, 0.2) is 6.10 Å². The number of carbonyl (C=O) groups is 2. The van der Waals surface area contributed by atoms with Crippen LogP contribution in [0.5, 0.6) is 0 Å². The SMILES string of the molecule is CC(OCCNC(=O)C(c1ccccc1)c1ccccc1)C(=O)O. The molecule has 1 atom stereocenters. The second-order valence-electron chi connectivity index (χ2n) is 5.40. The first-order chi connectivity index (χ1) is 11.6. The smallest absolute Gasteiger partial charge is 0.332 e. The van der Waals surface area contributed by atoms with E-state index in [9.17, 15) is 9.59 Å². The van der Waals surface area contributed by atoms with Gasteiger partial charge >= 0.3 is 5.97 Å². The summed E-state index contributed by atoms with van der Waals surface area (Å²) in [6.07, 6.45) is -0.888. The van der Waals surface area contributed by atoms with E-state index in [-0.39, 0.29) is 19.1 Å². The first-order valence-electron chi connectivity index (χ1n) is 7.81. The van der Waals surface area contributed by atoms with Crippen LogP contribution in [0.3, 0.4) is 0 Å². The summed E-state index contributed by atoms with van der Waals surface area (Å²) >= 11 is 0. The van der Waals surface area contributed by atoms with Crippen molar-refractivity contribution in [1.29, 1.82) is 0 Å². The minimum atomic E-state index is -1.02. The highest BCUT2D eigenvalue weighted by Crippen LogP contribution is 2.24. The van der Waals surface area contributed by atoms with Gasteiger partial charge in [0.2, 0.25) is 5.91 Å². The molecule has 0 radical (unpaired) electrons. The Labute approximate surface area is 141 Å². The van der Waals surface area contributed by atoms with Crippen LogP contribution in [0.1, 0.15) is 24.0 Å². The molecule has 2 aromatic rings. The van der Waals surface area contributed by atoms with E-state index in [1.165, 1.54) is 6.92 Å². The molecule has 5 nitrogen and oxygen atoms in total. The summed E-state index contributed by atoms with van der Waals surface area (Å²) in [6, 6.07) is 19.1. The van der Waals surface area contributed by atoms with Gasteiger partial charge in [-0.1, -0.05) is 60.7 Å². The highest BCUT2D eigenvalue weighted by atomic mass is 16.5. The highest BCUT2D eigenvalue weighted by Gasteiger charge is 2.22. The molecule has 24 heavy (non-hydrogen) atoms. The van der Waals surface area contributed by atoms with E-state index in [0.717, 1.165) is 11.1 Å². The predicted molar refractivity (Wildman–Crippen MR) is 90.8 cm³/mol. The molecular formula is C19H21NO4. The summed E-state index contributed by atoms with van der Waals surface area (Å²) in [5.74, 6) is -1.57. The summed E-state index contributed by atoms with van der Waals surface area (Å²) in [4.78, 5) is 23.3. The Balaban J connectivity index is 2.02. The molecule has 0 aromatic heterocycles. The highest BCUT2D eigenvalue weighted by molar-refractivity contribution is 5.87. The van der Waals surface area contributed by atoms with E-state index >= 15 is 0 Å². The van der Waals surface area contributed by atoms with E-state index in [1.807, 2.05) is 60.7 Å². The van der Waals surface area contributed by atoms with Crippen LogP contribution in [0.4, 0.5) is 0 Å². The van der Waals surface area contributed by atoms with Gasteiger partial charge in [-0.2, -0.15) is 0 Å². The molecule has 0 aliphatic carbocycles. The van der Waals surface area contributed by atoms with Gasteiger partial charge in [-0.25, -0.2) is 4.79 Å². The molecule has 0 fully saturated rings.